The smallest absolute Gasteiger partial charge is 0.124 e. The fourth-order valence-corrected chi connectivity index (χ4v) is 2.11. The lowest BCUT2D eigenvalue weighted by molar-refractivity contribution is 0.301. The third kappa shape index (κ3) is 3.58. The molecule has 2 heteroatoms. The quantitative estimate of drug-likeness (QED) is 0.899. The number of benzene rings is 2. The molecule has 19 heavy (non-hydrogen) atoms. The molecule has 0 fully saturated rings. The van der Waals surface area contributed by atoms with Crippen LogP contribution in [0.25, 0.3) is 0 Å². The highest BCUT2D eigenvalue weighted by Gasteiger charge is 2.08. The van der Waals surface area contributed by atoms with E-state index in [0.29, 0.717) is 6.61 Å². The summed E-state index contributed by atoms with van der Waals surface area (Å²) in [5.74, 6) is 0.886. The molecule has 2 aromatic rings. The van der Waals surface area contributed by atoms with Gasteiger partial charge >= 0.3 is 0 Å². The molecule has 0 unspecified atom stereocenters. The van der Waals surface area contributed by atoms with E-state index in [9.17, 15) is 0 Å². The second kappa shape index (κ2) is 5.89. The topological polar surface area (TPSA) is 35.2 Å². The van der Waals surface area contributed by atoms with Gasteiger partial charge in [0.25, 0.3) is 0 Å². The molecule has 0 aliphatic heterocycles. The predicted octanol–water partition coefficient (Wildman–Crippen LogP) is 3.90. The van der Waals surface area contributed by atoms with E-state index in [1.165, 1.54) is 16.7 Å². The van der Waals surface area contributed by atoms with E-state index in [2.05, 4.69) is 50.2 Å². The lowest BCUT2D eigenvalue weighted by Gasteiger charge is -2.15. The number of nitrogens with two attached hydrogens (primary N) is 1. The summed E-state index contributed by atoms with van der Waals surface area (Å²) in [5, 5.41) is 0. The summed E-state index contributed by atoms with van der Waals surface area (Å²) in [6, 6.07) is 14.5. The largest absolute Gasteiger partial charge is 0.489 e. The van der Waals surface area contributed by atoms with Crippen LogP contribution in [0.1, 0.15) is 35.2 Å². The maximum absolute atomic E-state index is 5.98. The van der Waals surface area contributed by atoms with Crippen molar-refractivity contribution in [1.29, 1.82) is 0 Å². The summed E-state index contributed by atoms with van der Waals surface area (Å²) in [6.07, 6.45) is 0. The van der Waals surface area contributed by atoms with E-state index in [0.717, 1.165) is 11.3 Å². The first-order valence-electron chi connectivity index (χ1n) is 6.61. The van der Waals surface area contributed by atoms with E-state index >= 15 is 0 Å². The third-order valence-corrected chi connectivity index (χ3v) is 3.14. The number of hydrogen-bond donors (Lipinski definition) is 1. The van der Waals surface area contributed by atoms with Gasteiger partial charge in [0.15, 0.2) is 0 Å². The minimum absolute atomic E-state index is 0.0203. The van der Waals surface area contributed by atoms with E-state index < -0.39 is 0 Å². The molecule has 1 atom stereocenters. The van der Waals surface area contributed by atoms with Crippen molar-refractivity contribution < 1.29 is 4.74 Å². The molecule has 0 aliphatic rings. The molecular weight excluding hydrogens is 234 g/mol. The Labute approximate surface area is 115 Å². The van der Waals surface area contributed by atoms with E-state index in [4.69, 9.17) is 10.5 Å². The van der Waals surface area contributed by atoms with Gasteiger partial charge in [-0.3, -0.25) is 0 Å². The van der Waals surface area contributed by atoms with Gasteiger partial charge in [-0.2, -0.15) is 0 Å². The highest BCUT2D eigenvalue weighted by atomic mass is 16.5. The average Bonchev–Trinajstić information content (AvgIpc) is 2.36. The zero-order valence-electron chi connectivity index (χ0n) is 11.8. The van der Waals surface area contributed by atoms with Crippen LogP contribution in [0.15, 0.2) is 42.5 Å². The van der Waals surface area contributed by atoms with Crippen molar-refractivity contribution in [3.8, 4) is 5.75 Å². The lowest BCUT2D eigenvalue weighted by atomic mass is 10.1. The zero-order valence-corrected chi connectivity index (χ0v) is 11.8. The van der Waals surface area contributed by atoms with Gasteiger partial charge in [-0.1, -0.05) is 42.0 Å². The Morgan fingerprint density at radius 1 is 1.05 bits per heavy atom. The summed E-state index contributed by atoms with van der Waals surface area (Å²) in [5.41, 5.74) is 10.6. The van der Waals surface area contributed by atoms with Crippen molar-refractivity contribution in [3.05, 3.63) is 64.7 Å². The summed E-state index contributed by atoms with van der Waals surface area (Å²) >= 11 is 0. The average molecular weight is 255 g/mol. The van der Waals surface area contributed by atoms with Crippen molar-refractivity contribution in [3.63, 3.8) is 0 Å². The molecule has 2 nitrogen and oxygen atoms in total. The van der Waals surface area contributed by atoms with E-state index in [1.54, 1.807) is 0 Å². The van der Waals surface area contributed by atoms with Crippen LogP contribution in [-0.2, 0) is 6.61 Å². The number of rotatable bonds is 4. The molecule has 0 bridgehead atoms. The monoisotopic (exact) mass is 255 g/mol. The standard InChI is InChI=1S/C17H21NO/c1-12-5-4-6-15(9-12)11-19-17-10-13(2)7-8-16(17)14(3)18/h4-10,14H,11,18H2,1-3H3/t14-/m0/s1. The molecule has 0 amide bonds. The Bertz CT molecular complexity index is 561. The summed E-state index contributed by atoms with van der Waals surface area (Å²) < 4.78 is 5.94. The maximum atomic E-state index is 5.98. The van der Waals surface area contributed by atoms with Crippen LogP contribution in [-0.4, -0.2) is 0 Å². The second-order valence-corrected chi connectivity index (χ2v) is 5.11. The molecule has 0 saturated heterocycles. The van der Waals surface area contributed by atoms with Crippen molar-refractivity contribution in [2.45, 2.75) is 33.4 Å². The molecule has 0 spiro atoms. The fourth-order valence-electron chi connectivity index (χ4n) is 2.11. The second-order valence-electron chi connectivity index (χ2n) is 5.11. The Morgan fingerprint density at radius 3 is 2.47 bits per heavy atom. The van der Waals surface area contributed by atoms with Gasteiger partial charge in [0, 0.05) is 11.6 Å². The minimum Gasteiger partial charge on any atom is -0.489 e. The van der Waals surface area contributed by atoms with Gasteiger partial charge in [0.2, 0.25) is 0 Å². The minimum atomic E-state index is -0.0203. The van der Waals surface area contributed by atoms with Gasteiger partial charge in [-0.15, -0.1) is 0 Å². The highest BCUT2D eigenvalue weighted by molar-refractivity contribution is 5.39. The maximum Gasteiger partial charge on any atom is 0.124 e. The first-order valence-corrected chi connectivity index (χ1v) is 6.61. The summed E-state index contributed by atoms with van der Waals surface area (Å²) in [6.45, 7) is 6.70. The van der Waals surface area contributed by atoms with Crippen LogP contribution < -0.4 is 10.5 Å². The molecule has 0 aromatic heterocycles. The van der Waals surface area contributed by atoms with Gasteiger partial charge in [0.05, 0.1) is 0 Å². The highest BCUT2D eigenvalue weighted by Crippen LogP contribution is 2.26. The van der Waals surface area contributed by atoms with Crippen molar-refractivity contribution in [2.24, 2.45) is 5.73 Å². The van der Waals surface area contributed by atoms with Crippen LogP contribution >= 0.6 is 0 Å². The first-order chi connectivity index (χ1) is 9.06. The molecule has 0 saturated carbocycles. The van der Waals surface area contributed by atoms with Crippen LogP contribution in [0.4, 0.5) is 0 Å². The number of hydrogen-bond acceptors (Lipinski definition) is 2. The Hall–Kier alpha value is -1.80. The number of ether oxygens (including phenoxy) is 1. The molecule has 0 aliphatic carbocycles. The molecule has 100 valence electrons. The van der Waals surface area contributed by atoms with Gasteiger partial charge < -0.3 is 10.5 Å². The Morgan fingerprint density at radius 2 is 1.79 bits per heavy atom. The predicted molar refractivity (Wildman–Crippen MR) is 79.3 cm³/mol. The van der Waals surface area contributed by atoms with Gasteiger partial charge in [0.1, 0.15) is 12.4 Å². The summed E-state index contributed by atoms with van der Waals surface area (Å²) in [7, 11) is 0. The lowest BCUT2D eigenvalue weighted by Crippen LogP contribution is -2.08. The number of aryl methyl sites for hydroxylation is 2. The van der Waals surface area contributed by atoms with Crippen molar-refractivity contribution in [2.75, 3.05) is 0 Å². The molecule has 2 N–H and O–H groups in total. The first kappa shape index (κ1) is 13.6. The zero-order chi connectivity index (χ0) is 13.8. The third-order valence-electron chi connectivity index (χ3n) is 3.14. The SMILES string of the molecule is Cc1cccc(COc2cc(C)ccc2[C@H](C)N)c1. The van der Waals surface area contributed by atoms with Gasteiger partial charge in [-0.25, -0.2) is 0 Å². The fraction of sp³-hybridized carbons (Fsp3) is 0.294. The molecule has 0 radical (unpaired) electrons. The van der Waals surface area contributed by atoms with E-state index in [-0.39, 0.29) is 6.04 Å². The van der Waals surface area contributed by atoms with Crippen molar-refractivity contribution in [1.82, 2.24) is 0 Å². The summed E-state index contributed by atoms with van der Waals surface area (Å²) in [4.78, 5) is 0. The van der Waals surface area contributed by atoms with Crippen LogP contribution in [0.5, 0.6) is 5.75 Å². The van der Waals surface area contributed by atoms with E-state index in [1.807, 2.05) is 13.0 Å². The van der Waals surface area contributed by atoms with Crippen LogP contribution in [0, 0.1) is 13.8 Å². The van der Waals surface area contributed by atoms with Crippen LogP contribution in [0.3, 0.4) is 0 Å². The Balaban J connectivity index is 2.17. The normalized spacial score (nSPS) is 12.2. The molecule has 0 heterocycles. The molecular formula is C17H21NO. The molecule has 2 rings (SSSR count). The van der Waals surface area contributed by atoms with Crippen LogP contribution in [0.2, 0.25) is 0 Å². The van der Waals surface area contributed by atoms with Crippen molar-refractivity contribution >= 4 is 0 Å². The van der Waals surface area contributed by atoms with Gasteiger partial charge in [-0.05, 0) is 38.0 Å². The Kier molecular flexibility index (Phi) is 4.23. The molecule has 2 aromatic carbocycles.